The highest BCUT2D eigenvalue weighted by atomic mass is 16.2. The molecule has 0 atom stereocenters. The number of rotatable bonds is 7. The standard InChI is InChI=1S/C21H23N3O3/c1-2-22-19(25)15-5-3-14(4-6-15)13-23-20(26)16-9-11-18(12-10-16)24-21(27)17-7-8-17/h3-6,9-12,17H,2,7-8,13H2,1H3,(H,22,25)(H,23,26)(H,24,27). The predicted octanol–water partition coefficient (Wildman–Crippen LogP) is 2.71. The molecule has 6 heteroatoms. The van der Waals surface area contributed by atoms with Crippen LogP contribution in [-0.4, -0.2) is 24.3 Å². The molecule has 1 fully saturated rings. The van der Waals surface area contributed by atoms with Gasteiger partial charge in [0.25, 0.3) is 11.8 Å². The van der Waals surface area contributed by atoms with Gasteiger partial charge in [0.2, 0.25) is 5.91 Å². The lowest BCUT2D eigenvalue weighted by atomic mass is 10.1. The van der Waals surface area contributed by atoms with Crippen molar-refractivity contribution in [3.63, 3.8) is 0 Å². The molecular formula is C21H23N3O3. The van der Waals surface area contributed by atoms with Crippen molar-refractivity contribution in [2.75, 3.05) is 11.9 Å². The fraction of sp³-hybridized carbons (Fsp3) is 0.286. The zero-order valence-corrected chi connectivity index (χ0v) is 15.2. The minimum atomic E-state index is -0.192. The SMILES string of the molecule is CCNC(=O)c1ccc(CNC(=O)c2ccc(NC(=O)C3CC3)cc2)cc1. The molecule has 0 aliphatic heterocycles. The molecule has 3 amide bonds. The number of nitrogens with one attached hydrogen (secondary N) is 3. The second-order valence-electron chi connectivity index (χ2n) is 6.58. The van der Waals surface area contributed by atoms with Crippen LogP contribution >= 0.6 is 0 Å². The maximum Gasteiger partial charge on any atom is 0.251 e. The Morgan fingerprint density at radius 3 is 1.96 bits per heavy atom. The van der Waals surface area contributed by atoms with E-state index in [-0.39, 0.29) is 23.6 Å². The molecule has 1 aliphatic rings. The van der Waals surface area contributed by atoms with E-state index in [2.05, 4.69) is 16.0 Å². The van der Waals surface area contributed by atoms with Gasteiger partial charge >= 0.3 is 0 Å². The summed E-state index contributed by atoms with van der Waals surface area (Å²) in [5.41, 5.74) is 2.73. The molecule has 27 heavy (non-hydrogen) atoms. The zero-order chi connectivity index (χ0) is 19.2. The second-order valence-corrected chi connectivity index (χ2v) is 6.58. The Morgan fingerprint density at radius 2 is 1.41 bits per heavy atom. The molecular weight excluding hydrogens is 342 g/mol. The average molecular weight is 365 g/mol. The molecule has 0 aromatic heterocycles. The van der Waals surface area contributed by atoms with Gasteiger partial charge in [-0.15, -0.1) is 0 Å². The van der Waals surface area contributed by atoms with Crippen LogP contribution in [0.25, 0.3) is 0 Å². The molecule has 0 bridgehead atoms. The van der Waals surface area contributed by atoms with Crippen LogP contribution in [0.4, 0.5) is 5.69 Å². The molecule has 0 spiro atoms. The molecule has 1 saturated carbocycles. The first kappa shape index (κ1) is 18.6. The van der Waals surface area contributed by atoms with Gasteiger partial charge in [-0.25, -0.2) is 0 Å². The van der Waals surface area contributed by atoms with Crippen LogP contribution in [0, 0.1) is 5.92 Å². The van der Waals surface area contributed by atoms with Gasteiger partial charge in [-0.05, 0) is 61.7 Å². The van der Waals surface area contributed by atoms with Crippen LogP contribution in [0.2, 0.25) is 0 Å². The van der Waals surface area contributed by atoms with Crippen LogP contribution < -0.4 is 16.0 Å². The number of carbonyl (C=O) groups is 3. The van der Waals surface area contributed by atoms with Crippen LogP contribution in [-0.2, 0) is 11.3 Å². The average Bonchev–Trinajstić information content (AvgIpc) is 3.53. The Hall–Kier alpha value is -3.15. The van der Waals surface area contributed by atoms with E-state index in [0.717, 1.165) is 18.4 Å². The Balaban J connectivity index is 1.51. The van der Waals surface area contributed by atoms with E-state index in [9.17, 15) is 14.4 Å². The lowest BCUT2D eigenvalue weighted by Crippen LogP contribution is -2.24. The van der Waals surface area contributed by atoms with Crippen molar-refractivity contribution >= 4 is 23.4 Å². The predicted molar refractivity (Wildman–Crippen MR) is 103 cm³/mol. The second kappa shape index (κ2) is 8.49. The van der Waals surface area contributed by atoms with Gasteiger partial charge in [0.15, 0.2) is 0 Å². The number of amides is 3. The Bertz CT molecular complexity index is 825. The number of benzene rings is 2. The van der Waals surface area contributed by atoms with Crippen molar-refractivity contribution in [1.29, 1.82) is 0 Å². The zero-order valence-electron chi connectivity index (χ0n) is 15.2. The molecule has 0 heterocycles. The summed E-state index contributed by atoms with van der Waals surface area (Å²) in [7, 11) is 0. The van der Waals surface area contributed by atoms with Crippen molar-refractivity contribution in [2.24, 2.45) is 5.92 Å². The number of hydrogen-bond acceptors (Lipinski definition) is 3. The van der Waals surface area contributed by atoms with Crippen LogP contribution in [0.3, 0.4) is 0 Å². The van der Waals surface area contributed by atoms with Crippen molar-refractivity contribution in [3.8, 4) is 0 Å². The molecule has 3 N–H and O–H groups in total. The quantitative estimate of drug-likeness (QED) is 0.705. The normalized spacial score (nSPS) is 12.9. The van der Waals surface area contributed by atoms with Crippen molar-refractivity contribution in [2.45, 2.75) is 26.3 Å². The van der Waals surface area contributed by atoms with Crippen molar-refractivity contribution < 1.29 is 14.4 Å². The molecule has 0 radical (unpaired) electrons. The molecule has 6 nitrogen and oxygen atoms in total. The van der Waals surface area contributed by atoms with Gasteiger partial charge < -0.3 is 16.0 Å². The molecule has 140 valence electrons. The van der Waals surface area contributed by atoms with E-state index >= 15 is 0 Å². The Morgan fingerprint density at radius 1 is 0.852 bits per heavy atom. The smallest absolute Gasteiger partial charge is 0.251 e. The summed E-state index contributed by atoms with van der Waals surface area (Å²) in [5.74, 6) is -0.111. The van der Waals surface area contributed by atoms with Crippen LogP contribution in [0.1, 0.15) is 46.0 Å². The lowest BCUT2D eigenvalue weighted by Gasteiger charge is -2.08. The first-order chi connectivity index (χ1) is 13.1. The van der Waals surface area contributed by atoms with Gasteiger partial charge in [-0.3, -0.25) is 14.4 Å². The molecule has 1 aliphatic carbocycles. The molecule has 3 rings (SSSR count). The molecule has 0 saturated heterocycles. The van der Waals surface area contributed by atoms with E-state index in [1.165, 1.54) is 0 Å². The van der Waals surface area contributed by atoms with Gasteiger partial charge in [0.1, 0.15) is 0 Å². The first-order valence-electron chi connectivity index (χ1n) is 9.13. The highest BCUT2D eigenvalue weighted by Crippen LogP contribution is 2.30. The maximum absolute atomic E-state index is 12.3. The van der Waals surface area contributed by atoms with Gasteiger partial charge in [0.05, 0.1) is 0 Å². The summed E-state index contributed by atoms with van der Waals surface area (Å²) in [6.07, 6.45) is 1.91. The van der Waals surface area contributed by atoms with Crippen molar-refractivity contribution in [3.05, 3.63) is 65.2 Å². The number of hydrogen-bond donors (Lipinski definition) is 3. The molecule has 2 aromatic rings. The Kier molecular flexibility index (Phi) is 5.86. The number of anilines is 1. The third-order valence-electron chi connectivity index (χ3n) is 4.37. The summed E-state index contributed by atoms with van der Waals surface area (Å²) in [6.45, 7) is 2.82. The number of carbonyl (C=O) groups excluding carboxylic acids is 3. The third-order valence-corrected chi connectivity index (χ3v) is 4.37. The third kappa shape index (κ3) is 5.17. The monoisotopic (exact) mass is 365 g/mol. The van der Waals surface area contributed by atoms with E-state index in [0.29, 0.717) is 29.9 Å². The fourth-order valence-electron chi connectivity index (χ4n) is 2.62. The summed E-state index contributed by atoms with van der Waals surface area (Å²) in [5, 5.41) is 8.44. The Labute approximate surface area is 158 Å². The van der Waals surface area contributed by atoms with Gasteiger partial charge in [-0.1, -0.05) is 12.1 Å². The fourth-order valence-corrected chi connectivity index (χ4v) is 2.62. The minimum absolute atomic E-state index is 0.0447. The van der Waals surface area contributed by atoms with Crippen LogP contribution in [0.5, 0.6) is 0 Å². The van der Waals surface area contributed by atoms with E-state index < -0.39 is 0 Å². The minimum Gasteiger partial charge on any atom is -0.352 e. The highest BCUT2D eigenvalue weighted by Gasteiger charge is 2.29. The van der Waals surface area contributed by atoms with E-state index in [1.54, 1.807) is 36.4 Å². The van der Waals surface area contributed by atoms with Crippen molar-refractivity contribution in [1.82, 2.24) is 10.6 Å². The van der Waals surface area contributed by atoms with Crippen LogP contribution in [0.15, 0.2) is 48.5 Å². The lowest BCUT2D eigenvalue weighted by molar-refractivity contribution is -0.117. The highest BCUT2D eigenvalue weighted by molar-refractivity contribution is 5.97. The largest absolute Gasteiger partial charge is 0.352 e. The summed E-state index contributed by atoms with van der Waals surface area (Å²) in [4.78, 5) is 35.7. The van der Waals surface area contributed by atoms with Gasteiger partial charge in [-0.2, -0.15) is 0 Å². The topological polar surface area (TPSA) is 87.3 Å². The maximum atomic E-state index is 12.3. The first-order valence-corrected chi connectivity index (χ1v) is 9.13. The summed E-state index contributed by atoms with van der Waals surface area (Å²) >= 11 is 0. The van der Waals surface area contributed by atoms with E-state index in [4.69, 9.17) is 0 Å². The van der Waals surface area contributed by atoms with Gasteiger partial charge in [0, 0.05) is 35.8 Å². The summed E-state index contributed by atoms with van der Waals surface area (Å²) < 4.78 is 0. The summed E-state index contributed by atoms with van der Waals surface area (Å²) in [6, 6.07) is 14.0. The molecule has 2 aromatic carbocycles. The molecule has 0 unspecified atom stereocenters. The van der Waals surface area contributed by atoms with E-state index in [1.807, 2.05) is 19.1 Å².